The molecule has 1 aromatic heterocycles. The second kappa shape index (κ2) is 10.5. The van der Waals surface area contributed by atoms with Crippen LogP contribution in [0.25, 0.3) is 6.08 Å². The number of rotatable bonds is 7. The zero-order valence-corrected chi connectivity index (χ0v) is 21.2. The van der Waals surface area contributed by atoms with E-state index in [0.29, 0.717) is 35.4 Å². The van der Waals surface area contributed by atoms with Crippen LogP contribution in [0.3, 0.4) is 0 Å². The van der Waals surface area contributed by atoms with Crippen LogP contribution >= 0.6 is 23.4 Å². The average molecular weight is 535 g/mol. The maximum Gasteiger partial charge on any atom is 0.291 e. The monoisotopic (exact) mass is 534 g/mol. The molecule has 2 amide bonds. The Labute approximate surface area is 212 Å². The SMILES string of the molecule is CS(=O)(=O)c1ccc(C(CC2CCCC2)C(=O)Nc2cnc(C=C3NC(=O)SC3=O)cn2)cc1Cl. The highest BCUT2D eigenvalue weighted by atomic mass is 35.5. The summed E-state index contributed by atoms with van der Waals surface area (Å²) in [6, 6.07) is 4.61. The van der Waals surface area contributed by atoms with E-state index in [1.165, 1.54) is 24.5 Å². The van der Waals surface area contributed by atoms with Gasteiger partial charge >= 0.3 is 0 Å². The Morgan fingerprint density at radius 3 is 2.57 bits per heavy atom. The van der Waals surface area contributed by atoms with Crippen molar-refractivity contribution in [3.63, 3.8) is 0 Å². The van der Waals surface area contributed by atoms with Crippen LogP contribution in [0.1, 0.15) is 49.3 Å². The zero-order chi connectivity index (χ0) is 25.2. The molecule has 1 saturated carbocycles. The second-order valence-electron chi connectivity index (χ2n) is 8.58. The molecule has 2 N–H and O–H groups in total. The van der Waals surface area contributed by atoms with E-state index in [1.54, 1.807) is 12.1 Å². The van der Waals surface area contributed by atoms with Crippen LogP contribution in [0.2, 0.25) is 5.02 Å². The molecule has 1 aliphatic carbocycles. The van der Waals surface area contributed by atoms with Gasteiger partial charge in [-0.15, -0.1) is 0 Å². The summed E-state index contributed by atoms with van der Waals surface area (Å²) in [5.74, 6) is -0.230. The van der Waals surface area contributed by atoms with Gasteiger partial charge in [-0.3, -0.25) is 19.4 Å². The Bertz CT molecular complexity index is 1310. The van der Waals surface area contributed by atoms with E-state index >= 15 is 0 Å². The maximum absolute atomic E-state index is 13.3. The summed E-state index contributed by atoms with van der Waals surface area (Å²) in [7, 11) is -3.49. The van der Waals surface area contributed by atoms with Crippen LogP contribution in [0.4, 0.5) is 10.6 Å². The summed E-state index contributed by atoms with van der Waals surface area (Å²) in [6.07, 6.45) is 10.2. The molecule has 35 heavy (non-hydrogen) atoms. The lowest BCUT2D eigenvalue weighted by atomic mass is 9.87. The van der Waals surface area contributed by atoms with Crippen molar-refractivity contribution in [1.29, 1.82) is 0 Å². The molecule has 0 bridgehead atoms. The highest BCUT2D eigenvalue weighted by Gasteiger charge is 2.28. The average Bonchev–Trinajstić information content (AvgIpc) is 3.41. The molecule has 1 aliphatic heterocycles. The molecular weight excluding hydrogens is 512 g/mol. The second-order valence-corrected chi connectivity index (χ2v) is 11.9. The Kier molecular flexibility index (Phi) is 7.58. The third kappa shape index (κ3) is 6.28. The molecular formula is C23H23ClN4O5S2. The van der Waals surface area contributed by atoms with Crippen molar-refractivity contribution in [2.24, 2.45) is 5.92 Å². The van der Waals surface area contributed by atoms with E-state index in [0.717, 1.165) is 31.9 Å². The van der Waals surface area contributed by atoms with Gasteiger partial charge in [0.2, 0.25) is 11.0 Å². The third-order valence-electron chi connectivity index (χ3n) is 5.98. The van der Waals surface area contributed by atoms with Crippen molar-refractivity contribution in [2.45, 2.75) is 42.9 Å². The molecule has 1 atom stereocenters. The molecule has 12 heteroatoms. The summed E-state index contributed by atoms with van der Waals surface area (Å²) < 4.78 is 23.9. The highest BCUT2D eigenvalue weighted by Crippen LogP contribution is 2.36. The van der Waals surface area contributed by atoms with Crippen molar-refractivity contribution in [3.8, 4) is 0 Å². The van der Waals surface area contributed by atoms with Crippen LogP contribution in [-0.2, 0) is 19.4 Å². The number of nitrogens with zero attached hydrogens (tertiary/aromatic N) is 2. The smallest absolute Gasteiger partial charge is 0.291 e. The fraction of sp³-hybridized carbons (Fsp3) is 0.348. The number of nitrogens with one attached hydrogen (secondary N) is 2. The van der Waals surface area contributed by atoms with Crippen LogP contribution in [-0.4, -0.2) is 40.9 Å². The van der Waals surface area contributed by atoms with E-state index in [-0.39, 0.29) is 27.3 Å². The number of hydrogen-bond acceptors (Lipinski definition) is 8. The fourth-order valence-corrected chi connectivity index (χ4v) is 6.15. The van der Waals surface area contributed by atoms with Gasteiger partial charge in [0.25, 0.3) is 5.24 Å². The largest absolute Gasteiger partial charge is 0.313 e. The molecule has 2 aromatic rings. The number of halogens is 1. The third-order valence-corrected chi connectivity index (χ3v) is 8.25. The predicted molar refractivity (Wildman–Crippen MR) is 134 cm³/mol. The standard InChI is InChI=1S/C23H23ClN4O5S2/c1-35(32,33)19-7-6-14(9-17(19)24)16(8-13-4-2-3-5-13)21(29)28-20-12-25-15(11-26-20)10-18-22(30)34-23(31)27-18/h6-7,9-13,16H,2-5,8H2,1H3,(H,27,31)(H,26,28,29). The first-order chi connectivity index (χ1) is 16.6. The first-order valence-corrected chi connectivity index (χ1v) is 14.1. The van der Waals surface area contributed by atoms with Gasteiger partial charge < -0.3 is 10.6 Å². The van der Waals surface area contributed by atoms with E-state index in [1.807, 2.05) is 0 Å². The molecule has 0 radical (unpaired) electrons. The lowest BCUT2D eigenvalue weighted by Crippen LogP contribution is -2.24. The normalized spacial score (nSPS) is 18.6. The zero-order valence-electron chi connectivity index (χ0n) is 18.8. The number of hydrogen-bond donors (Lipinski definition) is 2. The van der Waals surface area contributed by atoms with E-state index in [4.69, 9.17) is 11.6 Å². The molecule has 0 spiro atoms. The maximum atomic E-state index is 13.3. The molecule has 1 aromatic carbocycles. The van der Waals surface area contributed by atoms with Crippen LogP contribution in [0, 0.1) is 5.92 Å². The molecule has 184 valence electrons. The van der Waals surface area contributed by atoms with E-state index in [2.05, 4.69) is 20.6 Å². The molecule has 2 aliphatic rings. The Hall–Kier alpha value is -2.76. The number of carbonyl (C=O) groups is 3. The summed E-state index contributed by atoms with van der Waals surface area (Å²) in [5.41, 5.74) is 1.10. The van der Waals surface area contributed by atoms with Gasteiger partial charge in [-0.2, -0.15) is 0 Å². The highest BCUT2D eigenvalue weighted by molar-refractivity contribution is 8.27. The topological polar surface area (TPSA) is 135 Å². The first-order valence-electron chi connectivity index (χ1n) is 11.0. The first kappa shape index (κ1) is 25.3. The fourth-order valence-electron chi connectivity index (χ4n) is 4.27. The quantitative estimate of drug-likeness (QED) is 0.505. The van der Waals surface area contributed by atoms with Gasteiger partial charge in [-0.25, -0.2) is 13.4 Å². The van der Waals surface area contributed by atoms with Crippen molar-refractivity contribution in [1.82, 2.24) is 15.3 Å². The van der Waals surface area contributed by atoms with Crippen LogP contribution in [0.5, 0.6) is 0 Å². The Balaban J connectivity index is 1.53. The number of thioether (sulfide) groups is 1. The van der Waals surface area contributed by atoms with Crippen LogP contribution < -0.4 is 10.6 Å². The summed E-state index contributed by atoms with van der Waals surface area (Å²) in [5, 5.41) is 4.45. The minimum absolute atomic E-state index is 0.0221. The molecule has 1 saturated heterocycles. The lowest BCUT2D eigenvalue weighted by Gasteiger charge is -2.21. The van der Waals surface area contributed by atoms with Gasteiger partial charge in [0.15, 0.2) is 15.7 Å². The number of anilines is 1. The minimum atomic E-state index is -3.49. The Morgan fingerprint density at radius 2 is 2.00 bits per heavy atom. The van der Waals surface area contributed by atoms with Gasteiger partial charge in [0, 0.05) is 18.0 Å². The molecule has 2 fully saturated rings. The lowest BCUT2D eigenvalue weighted by molar-refractivity contribution is -0.118. The van der Waals surface area contributed by atoms with Crippen LogP contribution in [0.15, 0.2) is 41.2 Å². The number of amides is 2. The van der Waals surface area contributed by atoms with E-state index in [9.17, 15) is 22.8 Å². The molecule has 9 nitrogen and oxygen atoms in total. The Morgan fingerprint density at radius 1 is 1.26 bits per heavy atom. The molecule has 1 unspecified atom stereocenters. The van der Waals surface area contributed by atoms with Gasteiger partial charge in [-0.1, -0.05) is 43.4 Å². The van der Waals surface area contributed by atoms with Crippen molar-refractivity contribution >= 4 is 61.4 Å². The summed E-state index contributed by atoms with van der Waals surface area (Å²) >= 11 is 6.83. The molecule has 2 heterocycles. The van der Waals surface area contributed by atoms with E-state index < -0.39 is 26.1 Å². The molecule has 4 rings (SSSR count). The number of carbonyl (C=O) groups excluding carboxylic acids is 3. The predicted octanol–water partition coefficient (Wildman–Crippen LogP) is 4.16. The summed E-state index contributed by atoms with van der Waals surface area (Å²) in [4.78, 5) is 44.7. The van der Waals surface area contributed by atoms with Crippen molar-refractivity contribution < 1.29 is 22.8 Å². The van der Waals surface area contributed by atoms with Crippen molar-refractivity contribution in [3.05, 3.63) is 52.6 Å². The van der Waals surface area contributed by atoms with Gasteiger partial charge in [-0.05, 0) is 36.1 Å². The minimum Gasteiger partial charge on any atom is -0.313 e. The number of benzene rings is 1. The number of aromatic nitrogens is 2. The number of sulfone groups is 1. The summed E-state index contributed by atoms with van der Waals surface area (Å²) in [6.45, 7) is 0. The van der Waals surface area contributed by atoms with Crippen molar-refractivity contribution in [2.75, 3.05) is 11.6 Å². The van der Waals surface area contributed by atoms with Gasteiger partial charge in [0.05, 0.1) is 39.6 Å². The van der Waals surface area contributed by atoms with Gasteiger partial charge in [0.1, 0.15) is 0 Å².